The number of likely N-dealkylation sites (tertiary alicyclic amines) is 2. The monoisotopic (exact) mass is 406 g/mol. The van der Waals surface area contributed by atoms with Crippen LogP contribution in [-0.4, -0.2) is 58.6 Å². The number of benzene rings is 1. The zero-order valence-corrected chi connectivity index (χ0v) is 16.2. The predicted molar refractivity (Wildman–Crippen MR) is 102 cm³/mol. The SMILES string of the molecule is O=C(c1cc(C(F)(F)F)[nH]n1)N1CCC2(CCCN(CCc3ccccc3)C2)C1. The van der Waals surface area contributed by atoms with Crippen LogP contribution < -0.4 is 0 Å². The van der Waals surface area contributed by atoms with Crippen LogP contribution in [0.1, 0.15) is 41.0 Å². The van der Waals surface area contributed by atoms with Gasteiger partial charge < -0.3 is 9.80 Å². The molecular weight excluding hydrogens is 381 g/mol. The van der Waals surface area contributed by atoms with Crippen molar-refractivity contribution in [3.63, 3.8) is 0 Å². The third-order valence-electron chi connectivity index (χ3n) is 6.13. The van der Waals surface area contributed by atoms with E-state index in [1.807, 2.05) is 23.3 Å². The number of halogens is 3. The standard InChI is InChI=1S/C21H25F3N4O/c22-21(23,24)18-13-17(25-26-18)19(29)28-12-9-20(15-28)8-4-10-27(14-20)11-7-16-5-2-1-3-6-16/h1-3,5-6,13H,4,7-12,14-15H2,(H,25,26). The van der Waals surface area contributed by atoms with Crippen molar-refractivity contribution in [1.82, 2.24) is 20.0 Å². The van der Waals surface area contributed by atoms with E-state index in [4.69, 9.17) is 0 Å². The van der Waals surface area contributed by atoms with Gasteiger partial charge in [0.1, 0.15) is 5.69 Å². The molecule has 2 saturated heterocycles. The minimum Gasteiger partial charge on any atom is -0.337 e. The Balaban J connectivity index is 1.36. The van der Waals surface area contributed by atoms with E-state index in [0.29, 0.717) is 13.1 Å². The van der Waals surface area contributed by atoms with Crippen LogP contribution in [0.3, 0.4) is 0 Å². The Kier molecular flexibility index (Phi) is 5.38. The van der Waals surface area contributed by atoms with Gasteiger partial charge in [-0.25, -0.2) is 0 Å². The highest BCUT2D eigenvalue weighted by atomic mass is 19.4. The van der Waals surface area contributed by atoms with Gasteiger partial charge in [0.25, 0.3) is 5.91 Å². The molecule has 2 aromatic rings. The van der Waals surface area contributed by atoms with Crippen molar-refractivity contribution in [3.8, 4) is 0 Å². The molecule has 2 aliphatic rings. The fourth-order valence-electron chi connectivity index (χ4n) is 4.61. The lowest BCUT2D eigenvalue weighted by atomic mass is 9.79. The number of piperidine rings is 1. The molecule has 2 aliphatic heterocycles. The third kappa shape index (κ3) is 4.47. The Morgan fingerprint density at radius 1 is 1.14 bits per heavy atom. The maximum Gasteiger partial charge on any atom is 0.432 e. The second-order valence-corrected chi connectivity index (χ2v) is 8.26. The van der Waals surface area contributed by atoms with E-state index in [2.05, 4.69) is 22.1 Å². The van der Waals surface area contributed by atoms with Crippen LogP contribution in [0.15, 0.2) is 36.4 Å². The number of carbonyl (C=O) groups is 1. The lowest BCUT2D eigenvalue weighted by Gasteiger charge is -2.40. The van der Waals surface area contributed by atoms with Gasteiger partial charge >= 0.3 is 6.18 Å². The molecule has 1 N–H and O–H groups in total. The van der Waals surface area contributed by atoms with Crippen molar-refractivity contribution in [2.24, 2.45) is 5.41 Å². The number of aromatic amines is 1. The molecule has 0 bridgehead atoms. The lowest BCUT2D eigenvalue weighted by molar-refractivity contribution is -0.141. The van der Waals surface area contributed by atoms with Gasteiger partial charge in [-0.3, -0.25) is 9.89 Å². The van der Waals surface area contributed by atoms with Gasteiger partial charge in [-0.2, -0.15) is 18.3 Å². The Bertz CT molecular complexity index is 851. The highest BCUT2D eigenvalue weighted by Gasteiger charge is 2.43. The molecule has 0 radical (unpaired) electrons. The molecule has 5 nitrogen and oxygen atoms in total. The first-order valence-electron chi connectivity index (χ1n) is 10.0. The Morgan fingerprint density at radius 2 is 1.93 bits per heavy atom. The van der Waals surface area contributed by atoms with Gasteiger partial charge in [0, 0.05) is 37.7 Å². The Hall–Kier alpha value is -2.35. The van der Waals surface area contributed by atoms with Crippen LogP contribution in [0.5, 0.6) is 0 Å². The number of hydrogen-bond acceptors (Lipinski definition) is 3. The number of hydrogen-bond donors (Lipinski definition) is 1. The highest BCUT2D eigenvalue weighted by Crippen LogP contribution is 2.39. The number of rotatable bonds is 4. The second kappa shape index (κ2) is 7.82. The quantitative estimate of drug-likeness (QED) is 0.844. The van der Waals surface area contributed by atoms with Crippen molar-refractivity contribution >= 4 is 5.91 Å². The molecule has 1 atom stereocenters. The first kappa shape index (κ1) is 19.9. The van der Waals surface area contributed by atoms with E-state index in [0.717, 1.165) is 51.4 Å². The summed E-state index contributed by atoms with van der Waals surface area (Å²) in [5.41, 5.74) is 0.202. The van der Waals surface area contributed by atoms with Crippen LogP contribution in [0, 0.1) is 5.41 Å². The zero-order chi connectivity index (χ0) is 20.5. The maximum atomic E-state index is 12.8. The Morgan fingerprint density at radius 3 is 2.66 bits per heavy atom. The van der Waals surface area contributed by atoms with Crippen LogP contribution >= 0.6 is 0 Å². The van der Waals surface area contributed by atoms with E-state index in [-0.39, 0.29) is 11.1 Å². The van der Waals surface area contributed by atoms with E-state index in [9.17, 15) is 18.0 Å². The lowest BCUT2D eigenvalue weighted by Crippen LogP contribution is -2.46. The highest BCUT2D eigenvalue weighted by molar-refractivity contribution is 5.92. The number of H-pyrrole nitrogens is 1. The number of aromatic nitrogens is 2. The molecule has 4 rings (SSSR count). The van der Waals surface area contributed by atoms with Crippen molar-refractivity contribution < 1.29 is 18.0 Å². The minimum absolute atomic E-state index is 0.0355. The molecule has 1 aromatic carbocycles. The summed E-state index contributed by atoms with van der Waals surface area (Å²) in [5.74, 6) is -0.421. The molecule has 29 heavy (non-hydrogen) atoms. The van der Waals surface area contributed by atoms with Crippen molar-refractivity contribution in [2.75, 3.05) is 32.7 Å². The summed E-state index contributed by atoms with van der Waals surface area (Å²) in [4.78, 5) is 16.8. The molecule has 1 unspecified atom stereocenters. The molecule has 3 heterocycles. The molecular formula is C21H25F3N4O. The first-order valence-corrected chi connectivity index (χ1v) is 10.0. The molecule has 0 aliphatic carbocycles. The van der Waals surface area contributed by atoms with E-state index >= 15 is 0 Å². The van der Waals surface area contributed by atoms with Crippen LogP contribution in [0.2, 0.25) is 0 Å². The zero-order valence-electron chi connectivity index (χ0n) is 16.2. The molecule has 156 valence electrons. The topological polar surface area (TPSA) is 52.2 Å². The average Bonchev–Trinajstić information content (AvgIpc) is 3.35. The summed E-state index contributed by atoms with van der Waals surface area (Å²) >= 11 is 0. The third-order valence-corrected chi connectivity index (χ3v) is 6.13. The summed E-state index contributed by atoms with van der Waals surface area (Å²) in [5, 5.41) is 5.52. The molecule has 2 fully saturated rings. The average molecular weight is 406 g/mol. The summed E-state index contributed by atoms with van der Waals surface area (Å²) in [6, 6.07) is 11.2. The largest absolute Gasteiger partial charge is 0.432 e. The van der Waals surface area contributed by atoms with Gasteiger partial charge in [-0.05, 0) is 37.8 Å². The summed E-state index contributed by atoms with van der Waals surface area (Å²) in [6.07, 6.45) is -0.519. The molecule has 1 amide bonds. The van der Waals surface area contributed by atoms with Gasteiger partial charge in [-0.15, -0.1) is 0 Å². The number of alkyl halides is 3. The summed E-state index contributed by atoms with van der Waals surface area (Å²) in [6.45, 7) is 4.12. The Labute approximate surface area is 167 Å². The predicted octanol–water partition coefficient (Wildman–Crippen LogP) is 3.60. The van der Waals surface area contributed by atoms with E-state index in [1.165, 1.54) is 5.56 Å². The number of carbonyl (C=O) groups excluding carboxylic acids is 1. The molecule has 8 heteroatoms. The van der Waals surface area contributed by atoms with E-state index in [1.54, 1.807) is 4.90 Å². The van der Waals surface area contributed by atoms with Gasteiger partial charge in [-0.1, -0.05) is 30.3 Å². The van der Waals surface area contributed by atoms with Crippen molar-refractivity contribution in [2.45, 2.75) is 31.9 Å². The number of nitrogens with one attached hydrogen (secondary N) is 1. The molecule has 1 spiro atoms. The molecule has 0 saturated carbocycles. The number of nitrogens with zero attached hydrogens (tertiary/aromatic N) is 3. The summed E-state index contributed by atoms with van der Waals surface area (Å²) in [7, 11) is 0. The van der Waals surface area contributed by atoms with Crippen molar-refractivity contribution in [1.29, 1.82) is 0 Å². The van der Waals surface area contributed by atoms with Crippen LogP contribution in [0.4, 0.5) is 13.2 Å². The minimum atomic E-state index is -4.53. The van der Waals surface area contributed by atoms with E-state index < -0.39 is 17.8 Å². The maximum absolute atomic E-state index is 12.8. The van der Waals surface area contributed by atoms with Gasteiger partial charge in [0.15, 0.2) is 5.69 Å². The normalized spacial score (nSPS) is 23.1. The fraction of sp³-hybridized carbons (Fsp3) is 0.524. The summed E-state index contributed by atoms with van der Waals surface area (Å²) < 4.78 is 38.3. The fourth-order valence-corrected chi connectivity index (χ4v) is 4.61. The first-order chi connectivity index (χ1) is 13.8. The van der Waals surface area contributed by atoms with Crippen LogP contribution in [-0.2, 0) is 12.6 Å². The van der Waals surface area contributed by atoms with Crippen LogP contribution in [0.25, 0.3) is 0 Å². The van der Waals surface area contributed by atoms with Gasteiger partial charge in [0.2, 0.25) is 0 Å². The smallest absolute Gasteiger partial charge is 0.337 e. The van der Waals surface area contributed by atoms with Crippen molar-refractivity contribution in [3.05, 3.63) is 53.3 Å². The van der Waals surface area contributed by atoms with Gasteiger partial charge in [0.05, 0.1) is 0 Å². The molecule has 1 aromatic heterocycles. The number of amides is 1. The second-order valence-electron chi connectivity index (χ2n) is 8.26.